The maximum Gasteiger partial charge on any atom is 0.356 e. The van der Waals surface area contributed by atoms with Crippen molar-refractivity contribution >= 4 is 11.9 Å². The molecule has 1 heterocycles. The molecular weight excluding hydrogens is 358 g/mol. The number of esters is 2. The van der Waals surface area contributed by atoms with E-state index >= 15 is 0 Å². The Labute approximate surface area is 165 Å². The van der Waals surface area contributed by atoms with Crippen molar-refractivity contribution in [3.8, 4) is 6.07 Å². The summed E-state index contributed by atoms with van der Waals surface area (Å²) in [6, 6.07) is 12.1. The Kier molecular flexibility index (Phi) is 8.50. The lowest BCUT2D eigenvalue weighted by Gasteiger charge is -2.25. The first-order valence-electron chi connectivity index (χ1n) is 9.61. The van der Waals surface area contributed by atoms with Crippen LogP contribution < -0.4 is 5.32 Å². The number of carbonyl (C=O) groups is 2. The van der Waals surface area contributed by atoms with E-state index in [1.807, 2.05) is 18.2 Å². The van der Waals surface area contributed by atoms with Crippen molar-refractivity contribution in [2.24, 2.45) is 0 Å². The second-order valence-electron chi connectivity index (χ2n) is 6.44. The molecule has 1 aromatic rings. The van der Waals surface area contributed by atoms with Gasteiger partial charge in [-0.15, -0.1) is 0 Å². The van der Waals surface area contributed by atoms with Gasteiger partial charge in [-0.25, -0.2) is 9.59 Å². The van der Waals surface area contributed by atoms with E-state index in [9.17, 15) is 14.9 Å². The molecule has 0 aliphatic carbocycles. The third-order valence-corrected chi connectivity index (χ3v) is 4.56. The van der Waals surface area contributed by atoms with E-state index in [2.05, 4.69) is 22.3 Å². The molecule has 1 fully saturated rings. The van der Waals surface area contributed by atoms with Gasteiger partial charge in [0.05, 0.1) is 13.2 Å². The van der Waals surface area contributed by atoms with Crippen LogP contribution >= 0.6 is 0 Å². The average molecular weight is 385 g/mol. The summed E-state index contributed by atoms with van der Waals surface area (Å²) in [4.78, 5) is 26.7. The molecule has 1 aliphatic heterocycles. The van der Waals surface area contributed by atoms with Crippen LogP contribution in [0.2, 0.25) is 0 Å². The van der Waals surface area contributed by atoms with Crippen LogP contribution in [0.1, 0.15) is 32.3 Å². The molecule has 0 unspecified atom stereocenters. The highest BCUT2D eigenvalue weighted by atomic mass is 16.5. The number of nitrogens with one attached hydrogen (secondary N) is 1. The SMILES string of the molecule is CCOC(=O)/C(C#N)=C(\NC[C@@H]1CCCN1Cc1ccccc1)C(=O)OCC. The molecule has 0 saturated carbocycles. The molecule has 1 N–H and O–H groups in total. The van der Waals surface area contributed by atoms with Crippen LogP contribution in [0.15, 0.2) is 41.6 Å². The number of carbonyl (C=O) groups excluding carboxylic acids is 2. The number of ether oxygens (including phenoxy) is 2. The van der Waals surface area contributed by atoms with Gasteiger partial charge in [0, 0.05) is 19.1 Å². The highest BCUT2D eigenvalue weighted by molar-refractivity contribution is 6.02. The number of likely N-dealkylation sites (tertiary alicyclic amines) is 1. The lowest BCUT2D eigenvalue weighted by atomic mass is 10.1. The first-order chi connectivity index (χ1) is 13.6. The molecular formula is C21H27N3O4. The molecule has 0 aromatic heterocycles. The number of rotatable bonds is 9. The minimum absolute atomic E-state index is 0.119. The lowest BCUT2D eigenvalue weighted by Crippen LogP contribution is -2.39. The van der Waals surface area contributed by atoms with Crippen LogP contribution in [0, 0.1) is 11.3 Å². The molecule has 1 aromatic carbocycles. The molecule has 0 radical (unpaired) electrons. The smallest absolute Gasteiger partial charge is 0.356 e. The molecule has 28 heavy (non-hydrogen) atoms. The van der Waals surface area contributed by atoms with Crippen LogP contribution in [0.25, 0.3) is 0 Å². The van der Waals surface area contributed by atoms with Crippen LogP contribution in [0.4, 0.5) is 0 Å². The molecule has 7 nitrogen and oxygen atoms in total. The number of benzene rings is 1. The molecule has 0 amide bonds. The third kappa shape index (κ3) is 5.83. The van der Waals surface area contributed by atoms with Crippen LogP contribution in [-0.2, 0) is 25.6 Å². The van der Waals surface area contributed by atoms with Crippen molar-refractivity contribution in [3.63, 3.8) is 0 Å². The van der Waals surface area contributed by atoms with E-state index in [1.165, 1.54) is 5.56 Å². The zero-order valence-corrected chi connectivity index (χ0v) is 16.4. The van der Waals surface area contributed by atoms with Crippen molar-refractivity contribution in [3.05, 3.63) is 47.2 Å². The molecule has 1 saturated heterocycles. The predicted octanol–water partition coefficient (Wildman–Crippen LogP) is 2.14. The van der Waals surface area contributed by atoms with Gasteiger partial charge in [-0.2, -0.15) is 5.26 Å². The van der Waals surface area contributed by atoms with E-state index in [1.54, 1.807) is 19.9 Å². The fourth-order valence-electron chi connectivity index (χ4n) is 3.25. The van der Waals surface area contributed by atoms with Crippen LogP contribution in [0.3, 0.4) is 0 Å². The van der Waals surface area contributed by atoms with Crippen molar-refractivity contribution < 1.29 is 19.1 Å². The Bertz CT molecular complexity index is 740. The molecule has 1 aliphatic rings. The van der Waals surface area contributed by atoms with E-state index in [-0.39, 0.29) is 30.5 Å². The summed E-state index contributed by atoms with van der Waals surface area (Å²) < 4.78 is 9.92. The standard InChI is InChI=1S/C21H27N3O4/c1-3-27-20(25)18(13-22)19(21(26)28-4-2)23-14-17-11-8-12-24(17)15-16-9-6-5-7-10-16/h5-7,9-10,17,23H,3-4,8,11-12,14-15H2,1-2H3/b19-18-/t17-/m0/s1. The lowest BCUT2D eigenvalue weighted by molar-refractivity contribution is -0.141. The van der Waals surface area contributed by atoms with Crippen LogP contribution in [0.5, 0.6) is 0 Å². The Morgan fingerprint density at radius 1 is 1.18 bits per heavy atom. The predicted molar refractivity (Wildman–Crippen MR) is 104 cm³/mol. The number of nitriles is 1. The van der Waals surface area contributed by atoms with E-state index < -0.39 is 11.9 Å². The molecule has 0 spiro atoms. The largest absolute Gasteiger partial charge is 0.462 e. The molecule has 7 heteroatoms. The fraction of sp³-hybridized carbons (Fsp3) is 0.476. The van der Waals surface area contributed by atoms with Gasteiger partial charge in [0.15, 0.2) is 5.57 Å². The Morgan fingerprint density at radius 2 is 1.86 bits per heavy atom. The molecule has 1 atom stereocenters. The summed E-state index contributed by atoms with van der Waals surface area (Å²) in [5.41, 5.74) is 0.738. The van der Waals surface area contributed by atoms with Crippen molar-refractivity contribution in [1.29, 1.82) is 5.26 Å². The maximum absolute atomic E-state index is 12.3. The second-order valence-corrected chi connectivity index (χ2v) is 6.44. The molecule has 150 valence electrons. The first kappa shape index (κ1) is 21.5. The summed E-state index contributed by atoms with van der Waals surface area (Å²) in [5.74, 6) is -1.55. The minimum atomic E-state index is -0.826. The van der Waals surface area contributed by atoms with E-state index in [0.717, 1.165) is 25.9 Å². The molecule has 2 rings (SSSR count). The Hall–Kier alpha value is -2.85. The summed E-state index contributed by atoms with van der Waals surface area (Å²) in [7, 11) is 0. The zero-order valence-electron chi connectivity index (χ0n) is 16.4. The van der Waals surface area contributed by atoms with Crippen molar-refractivity contribution in [2.45, 2.75) is 39.3 Å². The number of hydrogen-bond acceptors (Lipinski definition) is 7. The highest BCUT2D eigenvalue weighted by Gasteiger charge is 2.28. The number of hydrogen-bond donors (Lipinski definition) is 1. The van der Waals surface area contributed by atoms with Crippen LogP contribution in [-0.4, -0.2) is 49.2 Å². The van der Waals surface area contributed by atoms with Crippen molar-refractivity contribution in [2.75, 3.05) is 26.3 Å². The summed E-state index contributed by atoms with van der Waals surface area (Å²) in [6.07, 6.45) is 2.03. The monoisotopic (exact) mass is 385 g/mol. The maximum atomic E-state index is 12.3. The fourth-order valence-corrected chi connectivity index (χ4v) is 3.25. The molecule has 0 bridgehead atoms. The normalized spacial score (nSPS) is 17.4. The summed E-state index contributed by atoms with van der Waals surface area (Å²) in [5, 5.41) is 12.4. The van der Waals surface area contributed by atoms with Gasteiger partial charge in [-0.3, -0.25) is 4.90 Å². The van der Waals surface area contributed by atoms with E-state index in [4.69, 9.17) is 9.47 Å². The van der Waals surface area contributed by atoms with Gasteiger partial charge in [0.1, 0.15) is 11.8 Å². The number of nitrogens with zero attached hydrogens (tertiary/aromatic N) is 2. The van der Waals surface area contributed by atoms with Crippen molar-refractivity contribution in [1.82, 2.24) is 10.2 Å². The minimum Gasteiger partial charge on any atom is -0.462 e. The summed E-state index contributed by atoms with van der Waals surface area (Å²) >= 11 is 0. The van der Waals surface area contributed by atoms with Gasteiger partial charge in [0.2, 0.25) is 0 Å². The van der Waals surface area contributed by atoms with Gasteiger partial charge >= 0.3 is 11.9 Å². The topological polar surface area (TPSA) is 91.7 Å². The van der Waals surface area contributed by atoms with Gasteiger partial charge in [0.25, 0.3) is 0 Å². The highest BCUT2D eigenvalue weighted by Crippen LogP contribution is 2.20. The Balaban J connectivity index is 2.12. The van der Waals surface area contributed by atoms with Gasteiger partial charge in [-0.05, 0) is 38.8 Å². The zero-order chi connectivity index (χ0) is 20.4. The Morgan fingerprint density at radius 3 is 2.50 bits per heavy atom. The van der Waals surface area contributed by atoms with E-state index in [0.29, 0.717) is 6.54 Å². The summed E-state index contributed by atoms with van der Waals surface area (Å²) in [6.45, 7) is 5.79. The average Bonchev–Trinajstić information content (AvgIpc) is 3.13. The second kappa shape index (κ2) is 11.1. The van der Waals surface area contributed by atoms with Gasteiger partial charge < -0.3 is 14.8 Å². The van der Waals surface area contributed by atoms with Gasteiger partial charge in [-0.1, -0.05) is 30.3 Å². The third-order valence-electron chi connectivity index (χ3n) is 4.56. The quantitative estimate of drug-likeness (QED) is 0.395. The first-order valence-corrected chi connectivity index (χ1v) is 9.61.